The number of rotatable bonds is 8. The van der Waals surface area contributed by atoms with Gasteiger partial charge in [-0.3, -0.25) is 19.7 Å². The highest BCUT2D eigenvalue weighted by Crippen LogP contribution is 2.47. The zero-order valence-corrected chi connectivity index (χ0v) is 24.6. The molecule has 5 rings (SSSR count). The first kappa shape index (κ1) is 28.9. The molecule has 2 N–H and O–H groups in total. The quantitative estimate of drug-likeness (QED) is 0.158. The number of hydrogen-bond acceptors (Lipinski definition) is 6. The largest absolute Gasteiger partial charge is 0.394 e. The number of nitro groups is 1. The first-order valence-corrected chi connectivity index (χ1v) is 14.4. The van der Waals surface area contributed by atoms with Crippen LogP contribution in [0, 0.1) is 19.6 Å². The third kappa shape index (κ3) is 5.51. The van der Waals surface area contributed by atoms with Crippen LogP contribution in [-0.2, 0) is 34.7 Å². The van der Waals surface area contributed by atoms with E-state index < -0.39 is 22.3 Å². The number of anilines is 1. The van der Waals surface area contributed by atoms with E-state index in [0.29, 0.717) is 18.7 Å². The third-order valence-corrected chi connectivity index (χ3v) is 8.63. The average molecular weight is 668 g/mol. The fourth-order valence-corrected chi connectivity index (χ4v) is 6.30. The van der Waals surface area contributed by atoms with Gasteiger partial charge in [0.25, 0.3) is 11.6 Å². The summed E-state index contributed by atoms with van der Waals surface area (Å²) in [5, 5.41) is 33.4. The molecular weight excluding hydrogens is 637 g/mol. The molecule has 2 amide bonds. The van der Waals surface area contributed by atoms with Crippen molar-refractivity contribution in [1.82, 2.24) is 4.90 Å². The summed E-state index contributed by atoms with van der Waals surface area (Å²) in [5.41, 5.74) is 1.31. The maximum Gasteiger partial charge on any atom is 0.269 e. The number of carbonyl (C=O) groups is 2. The van der Waals surface area contributed by atoms with Gasteiger partial charge >= 0.3 is 0 Å². The highest BCUT2D eigenvalue weighted by atomic mass is 127. The lowest BCUT2D eigenvalue weighted by Crippen LogP contribution is -2.46. The van der Waals surface area contributed by atoms with Crippen molar-refractivity contribution in [1.29, 1.82) is 0 Å². The Hall–Kier alpha value is -3.61. The monoisotopic (exact) mass is 667 g/mol. The third-order valence-electron chi connectivity index (χ3n) is 7.96. The van der Waals surface area contributed by atoms with Crippen LogP contribution in [-0.4, -0.2) is 44.5 Å². The van der Waals surface area contributed by atoms with Crippen LogP contribution in [0.15, 0.2) is 78.9 Å². The zero-order valence-electron chi connectivity index (χ0n) is 22.4. The second-order valence-electron chi connectivity index (χ2n) is 10.5. The van der Waals surface area contributed by atoms with Gasteiger partial charge in [-0.15, -0.1) is 0 Å². The molecule has 0 saturated heterocycles. The molecule has 212 valence electrons. The maximum atomic E-state index is 13.8. The van der Waals surface area contributed by atoms with Gasteiger partial charge in [0.2, 0.25) is 5.91 Å². The summed E-state index contributed by atoms with van der Waals surface area (Å²) < 4.78 is 0.993. The van der Waals surface area contributed by atoms with Crippen LogP contribution in [0.2, 0.25) is 0 Å². The molecule has 2 aliphatic heterocycles. The number of halogens is 1. The van der Waals surface area contributed by atoms with Crippen LogP contribution in [0.3, 0.4) is 0 Å². The lowest BCUT2D eigenvalue weighted by Gasteiger charge is -2.36. The summed E-state index contributed by atoms with van der Waals surface area (Å²) in [5.74, 6) is -1.55. The Morgan fingerprint density at radius 2 is 1.93 bits per heavy atom. The van der Waals surface area contributed by atoms with Gasteiger partial charge in [0, 0.05) is 40.1 Å². The van der Waals surface area contributed by atoms with E-state index in [9.17, 15) is 29.9 Å². The number of carbonyl (C=O) groups excluding carboxylic acids is 2. The van der Waals surface area contributed by atoms with E-state index in [1.807, 2.05) is 48.5 Å². The Morgan fingerprint density at radius 3 is 2.63 bits per heavy atom. The van der Waals surface area contributed by atoms with Crippen LogP contribution in [0.4, 0.5) is 11.4 Å². The highest BCUT2D eigenvalue weighted by Gasteiger charge is 2.53. The highest BCUT2D eigenvalue weighted by molar-refractivity contribution is 14.1. The molecule has 0 spiro atoms. The second kappa shape index (κ2) is 11.7. The molecule has 3 aromatic carbocycles. The minimum atomic E-state index is -2.06. The number of fused-ring (bicyclic) bond motifs is 2. The van der Waals surface area contributed by atoms with Gasteiger partial charge in [0.1, 0.15) is 0 Å². The van der Waals surface area contributed by atoms with Crippen molar-refractivity contribution >= 4 is 45.8 Å². The molecule has 9 nitrogen and oxygen atoms in total. The predicted molar refractivity (Wildman–Crippen MR) is 162 cm³/mol. The van der Waals surface area contributed by atoms with Crippen molar-refractivity contribution < 1.29 is 24.7 Å². The van der Waals surface area contributed by atoms with Gasteiger partial charge < -0.3 is 20.0 Å². The number of non-ortho nitro benzene ring substituents is 1. The number of benzene rings is 3. The first-order chi connectivity index (χ1) is 19.6. The Labute approximate surface area is 251 Å². The number of amides is 2. The number of aliphatic hydroxyl groups is 2. The molecule has 2 aliphatic rings. The van der Waals surface area contributed by atoms with Crippen molar-refractivity contribution in [3.63, 3.8) is 0 Å². The topological polar surface area (TPSA) is 124 Å². The molecule has 41 heavy (non-hydrogen) atoms. The van der Waals surface area contributed by atoms with Crippen molar-refractivity contribution in [2.24, 2.45) is 5.92 Å². The van der Waals surface area contributed by atoms with E-state index in [4.69, 9.17) is 0 Å². The van der Waals surface area contributed by atoms with Crippen LogP contribution in [0.25, 0.3) is 0 Å². The van der Waals surface area contributed by atoms with Crippen molar-refractivity contribution in [2.45, 2.75) is 44.5 Å². The lowest BCUT2D eigenvalue weighted by atomic mass is 9.82. The van der Waals surface area contributed by atoms with E-state index in [1.54, 1.807) is 24.0 Å². The van der Waals surface area contributed by atoms with Crippen molar-refractivity contribution in [3.8, 4) is 0 Å². The van der Waals surface area contributed by atoms with Gasteiger partial charge in [-0.25, -0.2) is 0 Å². The fraction of sp³-hybridized carbons (Fsp3) is 0.290. The van der Waals surface area contributed by atoms with Gasteiger partial charge in [0.05, 0.1) is 29.8 Å². The minimum absolute atomic E-state index is 0.0151. The molecule has 3 aromatic rings. The van der Waals surface area contributed by atoms with Gasteiger partial charge in [-0.2, -0.15) is 0 Å². The molecule has 0 unspecified atom stereocenters. The van der Waals surface area contributed by atoms with Crippen LogP contribution in [0.5, 0.6) is 0 Å². The van der Waals surface area contributed by atoms with Gasteiger partial charge in [0.15, 0.2) is 5.60 Å². The minimum Gasteiger partial charge on any atom is -0.394 e. The molecule has 0 aromatic heterocycles. The number of nitrogens with zero attached hydrogens (tertiary/aromatic N) is 3. The zero-order chi connectivity index (χ0) is 29.3. The Morgan fingerprint density at radius 1 is 1.17 bits per heavy atom. The number of hydrogen-bond donors (Lipinski definition) is 2. The number of nitro benzene ring substituents is 1. The maximum absolute atomic E-state index is 13.8. The molecule has 10 heteroatoms. The van der Waals surface area contributed by atoms with Crippen LogP contribution >= 0.6 is 22.6 Å². The molecule has 0 fully saturated rings. The van der Waals surface area contributed by atoms with E-state index in [-0.39, 0.29) is 42.8 Å². The molecular formula is C31H30IN3O6. The van der Waals surface area contributed by atoms with Crippen molar-refractivity contribution in [2.75, 3.05) is 11.5 Å². The second-order valence-corrected chi connectivity index (χ2v) is 11.7. The summed E-state index contributed by atoms with van der Waals surface area (Å²) >= 11 is 2.18. The SMILES string of the molecule is C[C@H](/C=C/CC(=O)N1Cc2ccccc2C[C@H]1CO)[C@@]1(O)C(=O)N(Cc2cccc(I)c2)c2ccc([N+](=O)[O-])cc21. The Kier molecular flexibility index (Phi) is 8.25. The first-order valence-electron chi connectivity index (χ1n) is 13.3. The normalized spacial score (nSPS) is 20.7. The van der Waals surface area contributed by atoms with E-state index in [1.165, 1.54) is 23.1 Å². The smallest absolute Gasteiger partial charge is 0.269 e. The van der Waals surface area contributed by atoms with Gasteiger partial charge in [-0.1, -0.05) is 55.5 Å². The van der Waals surface area contributed by atoms with E-state index in [0.717, 1.165) is 20.3 Å². The molecule has 0 radical (unpaired) electrons. The molecule has 2 heterocycles. The number of aliphatic hydroxyl groups excluding tert-OH is 1. The predicted octanol–water partition coefficient (Wildman–Crippen LogP) is 4.46. The standard InChI is InChI=1S/C31H30IN3O6/c1-20(6-4-11-29(37)33-18-23-9-3-2-8-22(23)15-26(33)19-36)31(39)27-16-25(35(40)41)12-13-28(27)34(30(31)38)17-21-7-5-10-24(32)14-21/h2-10,12-14,16,20,26,36,39H,11,15,17-19H2,1H3/b6-4+/t20-,26+,31+/m1/s1. The lowest BCUT2D eigenvalue weighted by molar-refractivity contribution is -0.385. The summed E-state index contributed by atoms with van der Waals surface area (Å²) in [6.07, 6.45) is 3.81. The molecule has 0 aliphatic carbocycles. The van der Waals surface area contributed by atoms with Crippen LogP contribution < -0.4 is 4.90 Å². The van der Waals surface area contributed by atoms with E-state index >= 15 is 0 Å². The summed E-state index contributed by atoms with van der Waals surface area (Å²) in [4.78, 5) is 41.1. The Bertz CT molecular complexity index is 1540. The molecule has 0 bridgehead atoms. The summed E-state index contributed by atoms with van der Waals surface area (Å²) in [6.45, 7) is 2.09. The fourth-order valence-electron chi connectivity index (χ4n) is 5.70. The van der Waals surface area contributed by atoms with E-state index in [2.05, 4.69) is 22.6 Å². The molecule has 3 atom stereocenters. The van der Waals surface area contributed by atoms with Crippen molar-refractivity contribution in [3.05, 3.63) is 115 Å². The summed E-state index contributed by atoms with van der Waals surface area (Å²) in [7, 11) is 0. The molecule has 0 saturated carbocycles. The summed E-state index contributed by atoms with van der Waals surface area (Å²) in [6, 6.07) is 19.2. The Balaban J connectivity index is 1.38. The van der Waals surface area contributed by atoms with Crippen LogP contribution in [0.1, 0.15) is 35.6 Å². The average Bonchev–Trinajstić information content (AvgIpc) is 3.18. The van der Waals surface area contributed by atoms with Gasteiger partial charge in [-0.05, 0) is 63.9 Å².